The third kappa shape index (κ3) is 3.73. The zero-order valence-corrected chi connectivity index (χ0v) is 12.4. The summed E-state index contributed by atoms with van der Waals surface area (Å²) in [5, 5.41) is 2.16. The van der Waals surface area contributed by atoms with Gasteiger partial charge in [-0.15, -0.1) is 11.8 Å². The van der Waals surface area contributed by atoms with E-state index in [0.717, 1.165) is 40.5 Å². The van der Waals surface area contributed by atoms with Gasteiger partial charge in [-0.1, -0.05) is 36.4 Å². The van der Waals surface area contributed by atoms with Gasteiger partial charge in [0.2, 0.25) is 0 Å². The smallest absolute Gasteiger partial charge is 0.119 e. The molecule has 0 radical (unpaired) electrons. The summed E-state index contributed by atoms with van der Waals surface area (Å²) in [4.78, 5) is 8.65. The highest BCUT2D eigenvalue weighted by molar-refractivity contribution is 7.99. The highest BCUT2D eigenvalue weighted by atomic mass is 32.2. The van der Waals surface area contributed by atoms with Gasteiger partial charge in [-0.2, -0.15) is 0 Å². The first kappa shape index (κ1) is 13.9. The monoisotopic (exact) mass is 296 g/mol. The molecular formula is C17H16N2OS. The number of rotatable bonds is 6. The van der Waals surface area contributed by atoms with Crippen molar-refractivity contribution >= 4 is 22.7 Å². The van der Waals surface area contributed by atoms with Crippen LogP contribution in [0.3, 0.4) is 0 Å². The minimum absolute atomic E-state index is 0.722. The zero-order valence-electron chi connectivity index (χ0n) is 11.6. The normalized spacial score (nSPS) is 10.7. The molecule has 0 fully saturated rings. The number of fused-ring (bicyclic) bond motifs is 1. The molecule has 3 rings (SSSR count). The molecule has 106 valence electrons. The van der Waals surface area contributed by atoms with Crippen LogP contribution in [0.25, 0.3) is 10.9 Å². The quantitative estimate of drug-likeness (QED) is 0.388. The summed E-state index contributed by atoms with van der Waals surface area (Å²) in [6, 6.07) is 18.0. The molecule has 0 aliphatic rings. The molecule has 2 aromatic carbocycles. The third-order valence-corrected chi connectivity index (χ3v) is 4.14. The van der Waals surface area contributed by atoms with Crippen LogP contribution in [-0.4, -0.2) is 22.3 Å². The van der Waals surface area contributed by atoms with Gasteiger partial charge in [0.25, 0.3) is 0 Å². The second-order valence-electron chi connectivity index (χ2n) is 4.56. The largest absolute Gasteiger partial charge is 0.494 e. The molecule has 0 atom stereocenters. The van der Waals surface area contributed by atoms with Gasteiger partial charge in [0.05, 0.1) is 12.1 Å². The van der Waals surface area contributed by atoms with Gasteiger partial charge in [-0.3, -0.25) is 0 Å². The lowest BCUT2D eigenvalue weighted by Crippen LogP contribution is -1.98. The molecule has 3 nitrogen and oxygen atoms in total. The molecule has 0 aliphatic heterocycles. The predicted octanol–water partition coefficient (Wildman–Crippen LogP) is 4.19. The zero-order chi connectivity index (χ0) is 14.3. The van der Waals surface area contributed by atoms with E-state index in [9.17, 15) is 0 Å². The number of thioether (sulfide) groups is 1. The summed E-state index contributed by atoms with van der Waals surface area (Å²) in [5.74, 6) is 1.91. The predicted molar refractivity (Wildman–Crippen MR) is 86.8 cm³/mol. The first-order valence-electron chi connectivity index (χ1n) is 6.94. The average Bonchev–Trinajstić information content (AvgIpc) is 2.56. The number of para-hydroxylation sites is 2. The topological polar surface area (TPSA) is 35.0 Å². The van der Waals surface area contributed by atoms with Crippen molar-refractivity contribution in [3.05, 3.63) is 60.9 Å². The van der Waals surface area contributed by atoms with Crippen molar-refractivity contribution in [3.63, 3.8) is 0 Å². The third-order valence-electron chi connectivity index (χ3n) is 3.05. The van der Waals surface area contributed by atoms with Crippen LogP contribution in [0, 0.1) is 0 Å². The van der Waals surface area contributed by atoms with Gasteiger partial charge < -0.3 is 4.74 Å². The maximum atomic E-state index is 5.69. The Hall–Kier alpha value is -2.07. The summed E-state index contributed by atoms with van der Waals surface area (Å²) < 4.78 is 5.69. The van der Waals surface area contributed by atoms with E-state index in [4.69, 9.17) is 4.74 Å². The molecule has 21 heavy (non-hydrogen) atoms. The Balaban J connectivity index is 1.51. The molecule has 0 N–H and O–H groups in total. The maximum Gasteiger partial charge on any atom is 0.119 e. The van der Waals surface area contributed by atoms with Gasteiger partial charge >= 0.3 is 0 Å². The van der Waals surface area contributed by atoms with Crippen LogP contribution in [0.1, 0.15) is 6.42 Å². The van der Waals surface area contributed by atoms with Gasteiger partial charge in [0.1, 0.15) is 17.1 Å². The van der Waals surface area contributed by atoms with Gasteiger partial charge in [-0.05, 0) is 24.6 Å². The van der Waals surface area contributed by atoms with Crippen molar-refractivity contribution in [1.29, 1.82) is 0 Å². The second-order valence-corrected chi connectivity index (χ2v) is 5.64. The van der Waals surface area contributed by atoms with E-state index < -0.39 is 0 Å². The van der Waals surface area contributed by atoms with Gasteiger partial charge in [0, 0.05) is 11.1 Å². The Morgan fingerprint density at radius 2 is 1.71 bits per heavy atom. The summed E-state index contributed by atoms with van der Waals surface area (Å²) in [5.41, 5.74) is 0.996. The Bertz CT molecular complexity index is 698. The van der Waals surface area contributed by atoms with Crippen LogP contribution >= 0.6 is 11.8 Å². The summed E-state index contributed by atoms with van der Waals surface area (Å²) in [6.07, 6.45) is 2.61. The van der Waals surface area contributed by atoms with Crippen LogP contribution < -0.4 is 4.74 Å². The minimum Gasteiger partial charge on any atom is -0.494 e. The standard InChI is InChI=1S/C17H16N2OS/c1-2-7-14(8-3-1)20-11-6-12-21-17-15-9-4-5-10-16(15)18-13-19-17/h1-5,7-10,13H,6,11-12H2. The number of hydrogen-bond acceptors (Lipinski definition) is 4. The van der Waals surface area contributed by atoms with Crippen LogP contribution in [-0.2, 0) is 0 Å². The molecule has 1 heterocycles. The van der Waals surface area contributed by atoms with E-state index in [1.807, 2.05) is 48.5 Å². The summed E-state index contributed by atoms with van der Waals surface area (Å²) in [7, 11) is 0. The lowest BCUT2D eigenvalue weighted by Gasteiger charge is -2.06. The molecule has 0 unspecified atom stereocenters. The number of aromatic nitrogens is 2. The number of ether oxygens (including phenoxy) is 1. The van der Waals surface area contributed by atoms with E-state index in [1.54, 1.807) is 18.1 Å². The van der Waals surface area contributed by atoms with Crippen molar-refractivity contribution in [2.24, 2.45) is 0 Å². The fourth-order valence-electron chi connectivity index (χ4n) is 2.03. The summed E-state index contributed by atoms with van der Waals surface area (Å²) >= 11 is 1.75. The van der Waals surface area contributed by atoms with Crippen LogP contribution in [0.15, 0.2) is 66.0 Å². The van der Waals surface area contributed by atoms with Crippen molar-refractivity contribution in [2.45, 2.75) is 11.4 Å². The minimum atomic E-state index is 0.722. The van der Waals surface area contributed by atoms with Crippen LogP contribution in [0.4, 0.5) is 0 Å². The Morgan fingerprint density at radius 1 is 0.905 bits per heavy atom. The molecular weight excluding hydrogens is 280 g/mol. The first-order valence-corrected chi connectivity index (χ1v) is 7.92. The second kappa shape index (κ2) is 7.09. The lowest BCUT2D eigenvalue weighted by molar-refractivity contribution is 0.318. The number of benzene rings is 2. The molecule has 0 bridgehead atoms. The molecule has 0 saturated heterocycles. The molecule has 4 heteroatoms. The van der Waals surface area contributed by atoms with Gasteiger partial charge in [-0.25, -0.2) is 9.97 Å². The summed E-state index contributed by atoms with van der Waals surface area (Å²) in [6.45, 7) is 0.722. The molecule has 0 spiro atoms. The van der Waals surface area contributed by atoms with E-state index >= 15 is 0 Å². The molecule has 1 aromatic heterocycles. The molecule has 0 saturated carbocycles. The average molecular weight is 296 g/mol. The molecule has 0 aliphatic carbocycles. The van der Waals surface area contributed by atoms with Crippen molar-refractivity contribution in [3.8, 4) is 5.75 Å². The number of hydrogen-bond donors (Lipinski definition) is 0. The fraction of sp³-hybridized carbons (Fsp3) is 0.176. The van der Waals surface area contributed by atoms with Crippen LogP contribution in [0.5, 0.6) is 5.75 Å². The van der Waals surface area contributed by atoms with E-state index in [-0.39, 0.29) is 0 Å². The fourth-order valence-corrected chi connectivity index (χ4v) is 2.93. The SMILES string of the molecule is c1ccc(OCCCSc2ncnc3ccccc23)cc1. The number of nitrogens with zero attached hydrogens (tertiary/aromatic N) is 2. The highest BCUT2D eigenvalue weighted by Crippen LogP contribution is 2.24. The van der Waals surface area contributed by atoms with Gasteiger partial charge in [0.15, 0.2) is 0 Å². The molecule has 0 amide bonds. The van der Waals surface area contributed by atoms with Crippen molar-refractivity contribution in [1.82, 2.24) is 9.97 Å². The van der Waals surface area contributed by atoms with Crippen molar-refractivity contribution in [2.75, 3.05) is 12.4 Å². The van der Waals surface area contributed by atoms with Crippen LogP contribution in [0.2, 0.25) is 0 Å². The van der Waals surface area contributed by atoms with E-state index in [0.29, 0.717) is 0 Å². The Labute approximate surface area is 128 Å². The van der Waals surface area contributed by atoms with E-state index in [1.165, 1.54) is 0 Å². The van der Waals surface area contributed by atoms with Crippen molar-refractivity contribution < 1.29 is 4.74 Å². The molecule has 3 aromatic rings. The lowest BCUT2D eigenvalue weighted by atomic mass is 10.2. The Morgan fingerprint density at radius 3 is 2.62 bits per heavy atom. The maximum absolute atomic E-state index is 5.69. The first-order chi connectivity index (χ1) is 10.4. The highest BCUT2D eigenvalue weighted by Gasteiger charge is 2.03. The van der Waals surface area contributed by atoms with E-state index in [2.05, 4.69) is 16.0 Å². The Kier molecular flexibility index (Phi) is 4.69.